The first-order chi connectivity index (χ1) is 18.8. The van der Waals surface area contributed by atoms with E-state index in [9.17, 15) is 8.42 Å². The molecule has 1 saturated heterocycles. The van der Waals surface area contributed by atoms with Gasteiger partial charge in [0.25, 0.3) is 10.0 Å². The first-order valence-corrected chi connectivity index (χ1v) is 14.4. The molecule has 39 heavy (non-hydrogen) atoms. The van der Waals surface area contributed by atoms with E-state index in [1.165, 1.54) is 4.31 Å². The van der Waals surface area contributed by atoms with Crippen molar-refractivity contribution in [1.29, 1.82) is 0 Å². The van der Waals surface area contributed by atoms with Gasteiger partial charge >= 0.3 is 0 Å². The monoisotopic (exact) mass is 545 g/mol. The van der Waals surface area contributed by atoms with Crippen LogP contribution in [0.15, 0.2) is 65.8 Å². The standard InChI is InChI=1S/C28H31N7O3S/c1-28(2)18-35(39(36,37)24-8-4-6-19-7-5-11-30-25(19)24)26-21(28)17-31-27(33-26)32-22-10-9-20(16-23(22)38-3)34-14-12-29-13-15-34/h4-11,16-17,29H,12-15,18H2,1-3H3,(H,31,32,33). The maximum absolute atomic E-state index is 14.0. The van der Waals surface area contributed by atoms with Crippen molar-refractivity contribution in [1.82, 2.24) is 20.3 Å². The number of hydrogen-bond acceptors (Lipinski definition) is 9. The molecule has 2 aliphatic rings. The average molecular weight is 546 g/mol. The van der Waals surface area contributed by atoms with Gasteiger partial charge in [0, 0.05) is 73.2 Å². The normalized spacial score (nSPS) is 16.8. The van der Waals surface area contributed by atoms with Gasteiger partial charge in [-0.1, -0.05) is 32.0 Å². The summed E-state index contributed by atoms with van der Waals surface area (Å²) in [5.74, 6) is 1.31. The number of rotatable bonds is 6. The summed E-state index contributed by atoms with van der Waals surface area (Å²) in [5.41, 5.74) is 2.51. The number of fused-ring (bicyclic) bond motifs is 2. The number of sulfonamides is 1. The zero-order chi connectivity index (χ0) is 27.2. The van der Waals surface area contributed by atoms with Crippen molar-refractivity contribution in [3.05, 3.63) is 66.5 Å². The molecule has 0 bridgehead atoms. The van der Waals surface area contributed by atoms with Gasteiger partial charge in [0.2, 0.25) is 5.95 Å². The van der Waals surface area contributed by atoms with Crippen LogP contribution in [0.4, 0.5) is 23.1 Å². The smallest absolute Gasteiger partial charge is 0.267 e. The van der Waals surface area contributed by atoms with Gasteiger partial charge in [-0.15, -0.1) is 0 Å². The van der Waals surface area contributed by atoms with Crippen molar-refractivity contribution in [2.24, 2.45) is 0 Å². The number of piperazine rings is 1. The molecule has 2 aromatic carbocycles. The number of aromatic nitrogens is 3. The Morgan fingerprint density at radius 2 is 1.85 bits per heavy atom. The Morgan fingerprint density at radius 3 is 2.64 bits per heavy atom. The number of methoxy groups -OCH3 is 1. The summed E-state index contributed by atoms with van der Waals surface area (Å²) in [4.78, 5) is 16.1. The van der Waals surface area contributed by atoms with E-state index < -0.39 is 15.4 Å². The minimum atomic E-state index is -3.95. The molecule has 1 fully saturated rings. The fourth-order valence-corrected chi connectivity index (χ4v) is 7.01. The van der Waals surface area contributed by atoms with Crippen LogP contribution in [0.5, 0.6) is 5.75 Å². The van der Waals surface area contributed by atoms with Crippen LogP contribution in [0.25, 0.3) is 10.9 Å². The molecule has 0 radical (unpaired) electrons. The van der Waals surface area contributed by atoms with E-state index in [2.05, 4.69) is 25.5 Å². The minimum Gasteiger partial charge on any atom is -0.494 e. The van der Waals surface area contributed by atoms with Crippen molar-refractivity contribution >= 4 is 44.1 Å². The number of hydrogen-bond donors (Lipinski definition) is 2. The molecule has 202 valence electrons. The molecule has 2 N–H and O–H groups in total. The van der Waals surface area contributed by atoms with E-state index in [1.807, 2.05) is 44.2 Å². The van der Waals surface area contributed by atoms with Crippen LogP contribution in [-0.2, 0) is 15.4 Å². The Morgan fingerprint density at radius 1 is 1.05 bits per heavy atom. The molecule has 0 atom stereocenters. The summed E-state index contributed by atoms with van der Waals surface area (Å²) in [6, 6.07) is 14.8. The second kappa shape index (κ2) is 9.65. The maximum Gasteiger partial charge on any atom is 0.267 e. The summed E-state index contributed by atoms with van der Waals surface area (Å²) >= 11 is 0. The molecule has 0 unspecified atom stereocenters. The molecule has 4 aromatic rings. The quantitative estimate of drug-likeness (QED) is 0.375. The van der Waals surface area contributed by atoms with Crippen molar-refractivity contribution in [2.75, 3.05) is 54.4 Å². The van der Waals surface area contributed by atoms with Gasteiger partial charge < -0.3 is 20.3 Å². The molecule has 2 aromatic heterocycles. The highest BCUT2D eigenvalue weighted by molar-refractivity contribution is 7.93. The summed E-state index contributed by atoms with van der Waals surface area (Å²) in [6.07, 6.45) is 3.32. The van der Waals surface area contributed by atoms with E-state index in [-0.39, 0.29) is 17.4 Å². The zero-order valence-electron chi connectivity index (χ0n) is 22.2. The lowest BCUT2D eigenvalue weighted by Gasteiger charge is -2.30. The third kappa shape index (κ3) is 4.51. The van der Waals surface area contributed by atoms with Gasteiger partial charge in [-0.3, -0.25) is 4.98 Å². The Bertz CT molecular complexity index is 1650. The van der Waals surface area contributed by atoms with Gasteiger partial charge in [-0.25, -0.2) is 17.7 Å². The highest BCUT2D eigenvalue weighted by Gasteiger charge is 2.43. The van der Waals surface area contributed by atoms with Crippen LogP contribution in [0.3, 0.4) is 0 Å². The summed E-state index contributed by atoms with van der Waals surface area (Å²) in [6.45, 7) is 7.97. The van der Waals surface area contributed by atoms with Crippen LogP contribution in [0.2, 0.25) is 0 Å². The van der Waals surface area contributed by atoms with Gasteiger partial charge in [0.05, 0.1) is 18.3 Å². The third-order valence-corrected chi connectivity index (χ3v) is 9.12. The highest BCUT2D eigenvalue weighted by Crippen LogP contribution is 2.43. The molecule has 11 heteroatoms. The lowest BCUT2D eigenvalue weighted by atomic mass is 9.89. The molecule has 0 aliphatic carbocycles. The fourth-order valence-electron chi connectivity index (χ4n) is 5.24. The first kappa shape index (κ1) is 25.3. The second-order valence-corrected chi connectivity index (χ2v) is 12.2. The number of ether oxygens (including phenoxy) is 1. The fraction of sp³-hybridized carbons (Fsp3) is 0.321. The van der Waals surface area contributed by atoms with E-state index >= 15 is 0 Å². The molecule has 0 spiro atoms. The largest absolute Gasteiger partial charge is 0.494 e. The Hall–Kier alpha value is -3.96. The lowest BCUT2D eigenvalue weighted by molar-refractivity contribution is 0.416. The number of pyridine rings is 1. The van der Waals surface area contributed by atoms with Crippen LogP contribution in [0.1, 0.15) is 19.4 Å². The van der Waals surface area contributed by atoms with Crippen LogP contribution >= 0.6 is 0 Å². The van der Waals surface area contributed by atoms with Crippen molar-refractivity contribution in [3.8, 4) is 5.75 Å². The van der Waals surface area contributed by atoms with Crippen LogP contribution < -0.4 is 24.6 Å². The van der Waals surface area contributed by atoms with E-state index in [4.69, 9.17) is 9.72 Å². The molecular formula is C28H31N7O3S. The topological polar surface area (TPSA) is 113 Å². The first-order valence-electron chi connectivity index (χ1n) is 12.9. The van der Waals surface area contributed by atoms with Crippen molar-refractivity contribution < 1.29 is 13.2 Å². The maximum atomic E-state index is 14.0. The van der Waals surface area contributed by atoms with Gasteiger partial charge in [-0.2, -0.15) is 4.98 Å². The zero-order valence-corrected chi connectivity index (χ0v) is 23.0. The third-order valence-electron chi connectivity index (χ3n) is 7.35. The van der Waals surface area contributed by atoms with E-state index in [1.54, 1.807) is 37.7 Å². The molecule has 0 saturated carbocycles. The molecular weight excluding hydrogens is 514 g/mol. The number of benzene rings is 2. The van der Waals surface area contributed by atoms with E-state index in [0.29, 0.717) is 22.8 Å². The van der Waals surface area contributed by atoms with Gasteiger partial charge in [0.1, 0.15) is 10.6 Å². The average Bonchev–Trinajstić information content (AvgIpc) is 3.24. The molecule has 6 rings (SSSR count). The van der Waals surface area contributed by atoms with Gasteiger partial charge in [0.15, 0.2) is 5.82 Å². The Balaban J connectivity index is 1.36. The van der Waals surface area contributed by atoms with Crippen molar-refractivity contribution in [3.63, 3.8) is 0 Å². The predicted molar refractivity (Wildman–Crippen MR) is 153 cm³/mol. The summed E-state index contributed by atoms with van der Waals surface area (Å²) in [5, 5.41) is 7.37. The Labute approximate surface area is 228 Å². The predicted octanol–water partition coefficient (Wildman–Crippen LogP) is 3.67. The second-order valence-electron chi connectivity index (χ2n) is 10.4. The highest BCUT2D eigenvalue weighted by atomic mass is 32.2. The summed E-state index contributed by atoms with van der Waals surface area (Å²) in [7, 11) is -2.33. The lowest BCUT2D eigenvalue weighted by Crippen LogP contribution is -2.43. The number of nitrogens with one attached hydrogen (secondary N) is 2. The van der Waals surface area contributed by atoms with Gasteiger partial charge in [-0.05, 0) is 24.3 Å². The SMILES string of the molecule is COc1cc(N2CCNCC2)ccc1Nc1ncc2c(n1)N(S(=O)(=O)c1cccc3cccnc13)CC2(C)C. The summed E-state index contributed by atoms with van der Waals surface area (Å²) < 4.78 is 35.1. The number of anilines is 4. The van der Waals surface area contributed by atoms with Crippen molar-refractivity contribution in [2.45, 2.75) is 24.2 Å². The minimum absolute atomic E-state index is 0.155. The molecule has 10 nitrogen and oxygen atoms in total. The van der Waals surface area contributed by atoms with Crippen LogP contribution in [-0.4, -0.2) is 63.2 Å². The molecule has 4 heterocycles. The molecule has 0 amide bonds. The van der Waals surface area contributed by atoms with Crippen LogP contribution in [0, 0.1) is 0 Å². The molecule has 2 aliphatic heterocycles. The number of para-hydroxylation sites is 1. The number of nitrogens with zero attached hydrogens (tertiary/aromatic N) is 5. The Kier molecular flexibility index (Phi) is 6.27. The van der Waals surface area contributed by atoms with E-state index in [0.717, 1.165) is 42.8 Å².